The van der Waals surface area contributed by atoms with Crippen LogP contribution >= 0.6 is 0 Å². The van der Waals surface area contributed by atoms with Gasteiger partial charge in [0.05, 0.1) is 5.41 Å². The van der Waals surface area contributed by atoms with Gasteiger partial charge in [-0.1, -0.05) is 6.58 Å². The molecule has 4 nitrogen and oxygen atoms in total. The summed E-state index contributed by atoms with van der Waals surface area (Å²) >= 11 is 0. The molecule has 3 fully saturated rings. The van der Waals surface area contributed by atoms with Gasteiger partial charge in [-0.25, -0.2) is 0 Å². The molecular weight excluding hydrogens is 182 g/mol. The summed E-state index contributed by atoms with van der Waals surface area (Å²) in [6, 6.07) is 0. The normalized spacial score (nSPS) is 38.6. The van der Waals surface area contributed by atoms with E-state index < -0.39 is 11.4 Å². The lowest BCUT2D eigenvalue weighted by molar-refractivity contribution is -0.155. The van der Waals surface area contributed by atoms with Gasteiger partial charge in [0.15, 0.2) is 0 Å². The fraction of sp³-hybridized carbons (Fsp3) is 0.600. The molecule has 2 bridgehead atoms. The number of carboxylic acid groups (broad SMARTS) is 1. The van der Waals surface area contributed by atoms with Crippen molar-refractivity contribution in [3.8, 4) is 0 Å². The maximum atomic E-state index is 11.1. The smallest absolute Gasteiger partial charge is 0.309 e. The molecule has 1 amide bonds. The van der Waals surface area contributed by atoms with Crippen molar-refractivity contribution in [1.82, 2.24) is 5.32 Å². The topological polar surface area (TPSA) is 66.4 Å². The van der Waals surface area contributed by atoms with E-state index in [1.807, 2.05) is 0 Å². The number of rotatable bonds is 3. The first-order valence-corrected chi connectivity index (χ1v) is 4.70. The molecule has 0 saturated heterocycles. The predicted molar refractivity (Wildman–Crippen MR) is 49.6 cm³/mol. The number of nitrogens with one attached hydrogen (secondary N) is 1. The van der Waals surface area contributed by atoms with E-state index in [-0.39, 0.29) is 11.4 Å². The van der Waals surface area contributed by atoms with Crippen LogP contribution in [-0.2, 0) is 9.59 Å². The van der Waals surface area contributed by atoms with Crippen molar-refractivity contribution in [3.63, 3.8) is 0 Å². The van der Waals surface area contributed by atoms with E-state index in [0.717, 1.165) is 6.42 Å². The lowest BCUT2D eigenvalue weighted by Gasteiger charge is -2.44. The Morgan fingerprint density at radius 3 is 2.43 bits per heavy atom. The molecule has 76 valence electrons. The quantitative estimate of drug-likeness (QED) is 0.651. The third-order valence-electron chi connectivity index (χ3n) is 3.46. The lowest BCUT2D eigenvalue weighted by atomic mass is 9.65. The van der Waals surface area contributed by atoms with Crippen LogP contribution in [0.2, 0.25) is 0 Å². The Balaban J connectivity index is 2.03. The van der Waals surface area contributed by atoms with E-state index in [1.165, 1.54) is 6.08 Å². The minimum atomic E-state index is -0.724. The highest BCUT2D eigenvalue weighted by Gasteiger charge is 2.65. The molecule has 2 N–H and O–H groups in total. The van der Waals surface area contributed by atoms with Crippen LogP contribution in [-0.4, -0.2) is 22.5 Å². The van der Waals surface area contributed by atoms with Crippen LogP contribution in [0.1, 0.15) is 25.7 Å². The van der Waals surface area contributed by atoms with Crippen molar-refractivity contribution in [2.45, 2.75) is 31.2 Å². The maximum absolute atomic E-state index is 11.1. The first kappa shape index (κ1) is 9.24. The number of carboxylic acids is 1. The minimum absolute atomic E-state index is 0.203. The summed E-state index contributed by atoms with van der Waals surface area (Å²) in [5.41, 5.74) is -0.794. The number of carbonyl (C=O) groups excluding carboxylic acids is 1. The molecule has 0 aromatic carbocycles. The fourth-order valence-corrected chi connectivity index (χ4v) is 2.80. The molecule has 3 rings (SSSR count). The molecule has 3 aliphatic carbocycles. The largest absolute Gasteiger partial charge is 0.481 e. The molecule has 0 aromatic rings. The summed E-state index contributed by atoms with van der Waals surface area (Å²) in [6.45, 7) is 3.38. The van der Waals surface area contributed by atoms with Crippen LogP contribution in [0.3, 0.4) is 0 Å². The number of fused-ring (bicyclic) bond motifs is 1. The van der Waals surface area contributed by atoms with Gasteiger partial charge in [0.25, 0.3) is 0 Å². The van der Waals surface area contributed by atoms with Gasteiger partial charge >= 0.3 is 5.97 Å². The maximum Gasteiger partial charge on any atom is 0.309 e. The molecule has 0 atom stereocenters. The SMILES string of the molecule is C=CC(=O)NC12CCC(C(=O)O)(C1)C2. The second-order valence-corrected chi connectivity index (χ2v) is 4.41. The average molecular weight is 195 g/mol. The molecular formula is C10H13NO3. The van der Waals surface area contributed by atoms with Crippen LogP contribution in [0, 0.1) is 5.41 Å². The van der Waals surface area contributed by atoms with E-state index in [2.05, 4.69) is 11.9 Å². The van der Waals surface area contributed by atoms with Crippen LogP contribution in [0.15, 0.2) is 12.7 Å². The molecule has 14 heavy (non-hydrogen) atoms. The zero-order valence-electron chi connectivity index (χ0n) is 7.88. The van der Waals surface area contributed by atoms with Crippen molar-refractivity contribution < 1.29 is 14.7 Å². The highest BCUT2D eigenvalue weighted by Crippen LogP contribution is 2.61. The number of carbonyl (C=O) groups is 2. The van der Waals surface area contributed by atoms with Crippen molar-refractivity contribution in [1.29, 1.82) is 0 Å². The van der Waals surface area contributed by atoms with Crippen molar-refractivity contribution in [2.24, 2.45) is 5.41 Å². The number of hydrogen-bond acceptors (Lipinski definition) is 2. The lowest BCUT2D eigenvalue weighted by Crippen LogP contribution is -2.57. The standard InChI is InChI=1S/C10H13NO3/c1-2-7(12)11-10-4-3-9(5-10,6-10)8(13)14/h2H,1,3-6H2,(H,11,12)(H,13,14). The van der Waals surface area contributed by atoms with E-state index in [0.29, 0.717) is 19.3 Å². The van der Waals surface area contributed by atoms with Crippen LogP contribution in [0.4, 0.5) is 0 Å². The molecule has 4 heteroatoms. The molecule has 3 aliphatic rings. The third-order valence-corrected chi connectivity index (χ3v) is 3.46. The number of amides is 1. The Labute approximate surface area is 82.0 Å². The number of hydrogen-bond donors (Lipinski definition) is 2. The van der Waals surface area contributed by atoms with Gasteiger partial charge in [0.2, 0.25) is 5.91 Å². The van der Waals surface area contributed by atoms with Crippen molar-refractivity contribution >= 4 is 11.9 Å². The minimum Gasteiger partial charge on any atom is -0.481 e. The summed E-state index contributed by atoms with van der Waals surface area (Å²) in [6.07, 6.45) is 3.84. The van der Waals surface area contributed by atoms with Gasteiger partial charge in [-0.15, -0.1) is 0 Å². The van der Waals surface area contributed by atoms with E-state index in [1.54, 1.807) is 0 Å². The summed E-state index contributed by atoms with van der Waals surface area (Å²) in [5.74, 6) is -0.927. The fourth-order valence-electron chi connectivity index (χ4n) is 2.80. The predicted octanol–water partition coefficient (Wildman–Crippen LogP) is 0.686. The van der Waals surface area contributed by atoms with Gasteiger partial charge < -0.3 is 10.4 Å². The zero-order valence-corrected chi connectivity index (χ0v) is 7.88. The Morgan fingerprint density at radius 1 is 1.36 bits per heavy atom. The van der Waals surface area contributed by atoms with Crippen LogP contribution in [0.5, 0.6) is 0 Å². The van der Waals surface area contributed by atoms with Crippen LogP contribution in [0.25, 0.3) is 0 Å². The Bertz CT molecular complexity index is 315. The Morgan fingerprint density at radius 2 is 2.00 bits per heavy atom. The number of aliphatic carboxylic acids is 1. The first-order chi connectivity index (χ1) is 6.52. The third kappa shape index (κ3) is 1.06. The molecule has 0 heterocycles. The van der Waals surface area contributed by atoms with Gasteiger partial charge in [-0.2, -0.15) is 0 Å². The summed E-state index contributed by atoms with van der Waals surface area (Å²) < 4.78 is 0. The monoisotopic (exact) mass is 195 g/mol. The molecule has 0 aliphatic heterocycles. The molecule has 0 unspecified atom stereocenters. The summed E-state index contributed by atoms with van der Waals surface area (Å²) in [7, 11) is 0. The second kappa shape index (κ2) is 2.59. The van der Waals surface area contributed by atoms with Gasteiger partial charge in [0.1, 0.15) is 0 Å². The van der Waals surface area contributed by atoms with Gasteiger partial charge in [-0.3, -0.25) is 9.59 Å². The van der Waals surface area contributed by atoms with Gasteiger partial charge in [0, 0.05) is 5.54 Å². The van der Waals surface area contributed by atoms with Crippen LogP contribution < -0.4 is 5.32 Å². The van der Waals surface area contributed by atoms with E-state index in [9.17, 15) is 9.59 Å². The van der Waals surface area contributed by atoms with E-state index >= 15 is 0 Å². The summed E-state index contributed by atoms with van der Waals surface area (Å²) in [4.78, 5) is 22.0. The molecule has 0 radical (unpaired) electrons. The Hall–Kier alpha value is -1.32. The van der Waals surface area contributed by atoms with Crippen molar-refractivity contribution in [2.75, 3.05) is 0 Å². The highest BCUT2D eigenvalue weighted by molar-refractivity contribution is 5.88. The molecule has 3 saturated carbocycles. The average Bonchev–Trinajstić information content (AvgIpc) is 2.59. The second-order valence-electron chi connectivity index (χ2n) is 4.41. The van der Waals surface area contributed by atoms with Gasteiger partial charge in [-0.05, 0) is 31.8 Å². The first-order valence-electron chi connectivity index (χ1n) is 4.70. The Kier molecular flexibility index (Phi) is 1.71. The van der Waals surface area contributed by atoms with Crippen molar-refractivity contribution in [3.05, 3.63) is 12.7 Å². The zero-order chi connectivity index (χ0) is 10.4. The van der Waals surface area contributed by atoms with E-state index in [4.69, 9.17) is 5.11 Å². The molecule has 0 aromatic heterocycles. The summed E-state index contributed by atoms with van der Waals surface area (Å²) in [5, 5.41) is 11.8. The highest BCUT2D eigenvalue weighted by atomic mass is 16.4. The molecule has 0 spiro atoms.